The molecule has 0 saturated heterocycles. The zero-order valence-corrected chi connectivity index (χ0v) is 18.5. The minimum Gasteiger partial charge on any atom is -0.486 e. The second kappa shape index (κ2) is 8.39. The molecule has 4 rings (SSSR count). The third kappa shape index (κ3) is 4.69. The van der Waals surface area contributed by atoms with E-state index in [0.29, 0.717) is 18.1 Å². The highest BCUT2D eigenvalue weighted by Crippen LogP contribution is 2.25. The predicted molar refractivity (Wildman–Crippen MR) is 122 cm³/mol. The van der Waals surface area contributed by atoms with E-state index >= 15 is 0 Å². The van der Waals surface area contributed by atoms with Crippen molar-refractivity contribution in [3.05, 3.63) is 92.0 Å². The number of ether oxygens (including phenoxy) is 1. The smallest absolute Gasteiger partial charge is 0.187 e. The molecule has 3 nitrogen and oxygen atoms in total. The van der Waals surface area contributed by atoms with Gasteiger partial charge in [0, 0.05) is 19.8 Å². The number of benzene rings is 2. The summed E-state index contributed by atoms with van der Waals surface area (Å²) in [6, 6.07) is 17.8. The van der Waals surface area contributed by atoms with Gasteiger partial charge < -0.3 is 9.15 Å². The van der Waals surface area contributed by atoms with Gasteiger partial charge in [0.2, 0.25) is 0 Å². The van der Waals surface area contributed by atoms with Crippen molar-refractivity contribution in [3.8, 4) is 5.75 Å². The molecule has 0 unspecified atom stereocenters. The quantitative estimate of drug-likeness (QED) is 0.220. The summed E-state index contributed by atoms with van der Waals surface area (Å²) in [7, 11) is 0. The number of carbonyl (C=O) groups excluding carboxylic acids is 1. The Labute approximate surface area is 181 Å². The first-order valence-electron chi connectivity index (χ1n) is 9.18. The molecule has 0 N–H and O–H groups in total. The van der Waals surface area contributed by atoms with Crippen LogP contribution in [0.15, 0.2) is 69.6 Å². The van der Waals surface area contributed by atoms with Gasteiger partial charge in [0.25, 0.3) is 0 Å². The number of hydrogen-bond acceptors (Lipinski definition) is 4. The summed E-state index contributed by atoms with van der Waals surface area (Å²) < 4.78 is 12.7. The van der Waals surface area contributed by atoms with Crippen molar-refractivity contribution in [2.24, 2.45) is 0 Å². The van der Waals surface area contributed by atoms with E-state index in [2.05, 4.69) is 28.1 Å². The number of hydrogen-bond donors (Lipinski definition) is 0. The Kier molecular flexibility index (Phi) is 5.69. The molecule has 0 amide bonds. The molecule has 0 aliphatic heterocycles. The number of ketones is 1. The number of rotatable bonds is 6. The SMILES string of the molecule is Cc1cc(C(=O)/C=C/c2ccc(COc3ccc4cc(Br)ccc4c3)o2)c(C)s1. The van der Waals surface area contributed by atoms with Gasteiger partial charge in [-0.1, -0.05) is 28.1 Å². The summed E-state index contributed by atoms with van der Waals surface area (Å²) in [6.45, 7) is 4.30. The van der Waals surface area contributed by atoms with Crippen molar-refractivity contribution >= 4 is 49.9 Å². The molecule has 2 aromatic carbocycles. The molecule has 0 atom stereocenters. The van der Waals surface area contributed by atoms with Gasteiger partial charge in [-0.15, -0.1) is 11.3 Å². The van der Waals surface area contributed by atoms with Crippen molar-refractivity contribution < 1.29 is 13.9 Å². The van der Waals surface area contributed by atoms with Crippen LogP contribution in [0.4, 0.5) is 0 Å². The van der Waals surface area contributed by atoms with Crippen LogP contribution in [0.1, 0.15) is 31.6 Å². The van der Waals surface area contributed by atoms with E-state index in [9.17, 15) is 4.79 Å². The number of halogens is 1. The van der Waals surface area contributed by atoms with E-state index < -0.39 is 0 Å². The highest BCUT2D eigenvalue weighted by molar-refractivity contribution is 9.10. The molecule has 0 aliphatic carbocycles. The van der Waals surface area contributed by atoms with Gasteiger partial charge in [-0.05, 0) is 79.2 Å². The predicted octanol–water partition coefficient (Wildman–Crippen LogP) is 7.35. The first-order valence-corrected chi connectivity index (χ1v) is 10.8. The lowest BCUT2D eigenvalue weighted by molar-refractivity contribution is 0.104. The molecule has 0 bridgehead atoms. The average Bonchev–Trinajstić information content (AvgIpc) is 3.30. The molecular formula is C24H19BrO3S. The Morgan fingerprint density at radius 1 is 1.07 bits per heavy atom. The van der Waals surface area contributed by atoms with E-state index in [4.69, 9.17) is 9.15 Å². The van der Waals surface area contributed by atoms with Crippen LogP contribution in [0, 0.1) is 13.8 Å². The Morgan fingerprint density at radius 3 is 2.66 bits per heavy atom. The summed E-state index contributed by atoms with van der Waals surface area (Å²) in [4.78, 5) is 14.5. The van der Waals surface area contributed by atoms with Crippen LogP contribution < -0.4 is 4.74 Å². The molecule has 29 heavy (non-hydrogen) atoms. The maximum absolute atomic E-state index is 12.3. The van der Waals surface area contributed by atoms with E-state index in [1.807, 2.05) is 56.3 Å². The number of allylic oxidation sites excluding steroid dienone is 1. The number of carbonyl (C=O) groups is 1. The van der Waals surface area contributed by atoms with Crippen molar-refractivity contribution in [1.29, 1.82) is 0 Å². The number of fused-ring (bicyclic) bond motifs is 1. The Hall–Kier alpha value is -2.63. The maximum atomic E-state index is 12.3. The summed E-state index contributed by atoms with van der Waals surface area (Å²) in [5, 5.41) is 2.27. The van der Waals surface area contributed by atoms with Crippen molar-refractivity contribution in [2.45, 2.75) is 20.5 Å². The van der Waals surface area contributed by atoms with Crippen LogP contribution in [0.2, 0.25) is 0 Å². The fraction of sp³-hybridized carbons (Fsp3) is 0.125. The van der Waals surface area contributed by atoms with Crippen molar-refractivity contribution in [1.82, 2.24) is 0 Å². The lowest BCUT2D eigenvalue weighted by Crippen LogP contribution is -1.94. The second-order valence-corrected chi connectivity index (χ2v) is 9.15. The van der Waals surface area contributed by atoms with Crippen LogP contribution in [-0.2, 0) is 6.61 Å². The van der Waals surface area contributed by atoms with Crippen molar-refractivity contribution in [2.75, 3.05) is 0 Å². The molecule has 0 radical (unpaired) electrons. The maximum Gasteiger partial charge on any atom is 0.187 e. The third-order valence-corrected chi connectivity index (χ3v) is 6.00. The second-order valence-electron chi connectivity index (χ2n) is 6.77. The Balaban J connectivity index is 1.40. The summed E-state index contributed by atoms with van der Waals surface area (Å²) in [6.07, 6.45) is 3.26. The minimum absolute atomic E-state index is 0.0103. The molecular weight excluding hydrogens is 448 g/mol. The number of aryl methyl sites for hydroxylation is 2. The first-order chi connectivity index (χ1) is 14.0. The van der Waals surface area contributed by atoms with Gasteiger partial charge in [-0.2, -0.15) is 0 Å². The van der Waals surface area contributed by atoms with Crippen LogP contribution in [-0.4, -0.2) is 5.78 Å². The molecule has 0 aliphatic rings. The largest absolute Gasteiger partial charge is 0.486 e. The van der Waals surface area contributed by atoms with Gasteiger partial charge in [0.15, 0.2) is 5.78 Å². The summed E-state index contributed by atoms with van der Waals surface area (Å²) >= 11 is 5.12. The topological polar surface area (TPSA) is 39.4 Å². The lowest BCUT2D eigenvalue weighted by Gasteiger charge is -2.06. The Morgan fingerprint density at radius 2 is 1.86 bits per heavy atom. The molecule has 0 saturated carbocycles. The van der Waals surface area contributed by atoms with Gasteiger partial charge in [-0.3, -0.25) is 4.79 Å². The first kappa shape index (κ1) is 19.7. The fourth-order valence-corrected chi connectivity index (χ4v) is 4.43. The lowest BCUT2D eigenvalue weighted by atomic mass is 10.1. The van der Waals surface area contributed by atoms with Crippen LogP contribution >= 0.6 is 27.3 Å². The minimum atomic E-state index is -0.0103. The summed E-state index contributed by atoms with van der Waals surface area (Å²) in [5.74, 6) is 2.11. The monoisotopic (exact) mass is 466 g/mol. The molecule has 0 fully saturated rings. The highest BCUT2D eigenvalue weighted by atomic mass is 79.9. The van der Waals surface area contributed by atoms with Crippen LogP contribution in [0.3, 0.4) is 0 Å². The molecule has 0 spiro atoms. The van der Waals surface area contributed by atoms with Gasteiger partial charge in [-0.25, -0.2) is 0 Å². The van der Waals surface area contributed by atoms with Gasteiger partial charge >= 0.3 is 0 Å². The molecule has 2 heterocycles. The molecule has 2 aromatic heterocycles. The van der Waals surface area contributed by atoms with E-state index in [-0.39, 0.29) is 5.78 Å². The molecule has 5 heteroatoms. The summed E-state index contributed by atoms with van der Waals surface area (Å²) in [5.41, 5.74) is 0.752. The van der Waals surface area contributed by atoms with Crippen LogP contribution in [0.25, 0.3) is 16.8 Å². The van der Waals surface area contributed by atoms with E-state index in [1.54, 1.807) is 23.5 Å². The van der Waals surface area contributed by atoms with Gasteiger partial charge in [0.1, 0.15) is 23.9 Å². The zero-order chi connectivity index (χ0) is 20.4. The Bertz CT molecular complexity index is 1220. The van der Waals surface area contributed by atoms with E-state index in [1.165, 1.54) is 0 Å². The van der Waals surface area contributed by atoms with Crippen LogP contribution in [0.5, 0.6) is 5.75 Å². The van der Waals surface area contributed by atoms with Crippen molar-refractivity contribution in [3.63, 3.8) is 0 Å². The normalized spacial score (nSPS) is 11.4. The van der Waals surface area contributed by atoms with Gasteiger partial charge in [0.05, 0.1) is 0 Å². The standard InChI is InChI=1S/C24H19BrO3S/c1-15-11-23(16(2)29-15)24(26)10-9-20-7-8-22(28-20)14-27-21-6-4-17-12-19(25)5-3-18(17)13-21/h3-13H,14H2,1-2H3/b10-9+. The molecule has 146 valence electrons. The third-order valence-electron chi connectivity index (χ3n) is 4.54. The zero-order valence-electron chi connectivity index (χ0n) is 16.1. The average molecular weight is 467 g/mol. The number of thiophene rings is 1. The van der Waals surface area contributed by atoms with E-state index in [0.717, 1.165) is 36.3 Å². The number of furan rings is 1. The fourth-order valence-electron chi connectivity index (χ4n) is 3.12. The molecule has 4 aromatic rings. The highest BCUT2D eigenvalue weighted by Gasteiger charge is 2.09.